The summed E-state index contributed by atoms with van der Waals surface area (Å²) in [4.78, 5) is 22.8. The zero-order valence-corrected chi connectivity index (χ0v) is 18.9. The molecule has 1 aliphatic heterocycles. The third-order valence-corrected chi connectivity index (χ3v) is 6.31. The molecule has 0 saturated carbocycles. The van der Waals surface area contributed by atoms with Crippen molar-refractivity contribution >= 4 is 27.4 Å². The highest BCUT2D eigenvalue weighted by Crippen LogP contribution is 2.21. The van der Waals surface area contributed by atoms with E-state index < -0.39 is 10.0 Å². The van der Waals surface area contributed by atoms with Crippen LogP contribution in [-0.4, -0.2) is 50.5 Å². The summed E-state index contributed by atoms with van der Waals surface area (Å²) >= 11 is 0. The van der Waals surface area contributed by atoms with Crippen molar-refractivity contribution in [2.45, 2.75) is 38.5 Å². The van der Waals surface area contributed by atoms with Gasteiger partial charge in [0.05, 0.1) is 4.90 Å². The lowest BCUT2D eigenvalue weighted by molar-refractivity contribution is -0.118. The van der Waals surface area contributed by atoms with E-state index in [9.17, 15) is 13.2 Å². The largest absolute Gasteiger partial charge is 0.476 e. The predicted octanol–water partition coefficient (Wildman–Crippen LogP) is 2.34. The summed E-state index contributed by atoms with van der Waals surface area (Å²) in [6.07, 6.45) is 2.29. The van der Waals surface area contributed by atoms with Crippen molar-refractivity contribution in [3.63, 3.8) is 0 Å². The fourth-order valence-corrected chi connectivity index (χ4v) is 4.14. The van der Waals surface area contributed by atoms with Crippen molar-refractivity contribution in [1.82, 2.24) is 14.7 Å². The second-order valence-electron chi connectivity index (χ2n) is 7.72. The van der Waals surface area contributed by atoms with Gasteiger partial charge in [-0.25, -0.2) is 18.1 Å². The first-order chi connectivity index (χ1) is 14.7. The highest BCUT2D eigenvalue weighted by atomic mass is 32.2. The first kappa shape index (κ1) is 23.0. The number of nitrogens with one attached hydrogen (secondary N) is 2. The molecule has 10 heteroatoms. The van der Waals surface area contributed by atoms with Gasteiger partial charge in [0, 0.05) is 37.3 Å². The monoisotopic (exact) mass is 447 g/mol. The molecule has 31 heavy (non-hydrogen) atoms. The van der Waals surface area contributed by atoms with E-state index >= 15 is 0 Å². The number of benzene rings is 1. The van der Waals surface area contributed by atoms with Gasteiger partial charge in [0.15, 0.2) is 0 Å². The summed E-state index contributed by atoms with van der Waals surface area (Å²) in [5, 5.41) is 2.73. The molecule has 2 N–H and O–H groups in total. The van der Waals surface area contributed by atoms with Crippen LogP contribution in [0.3, 0.4) is 0 Å². The molecule has 1 amide bonds. The Balaban J connectivity index is 1.52. The molecule has 1 saturated heterocycles. The molecule has 0 unspecified atom stereocenters. The number of anilines is 2. The van der Waals surface area contributed by atoms with Gasteiger partial charge >= 0.3 is 0 Å². The van der Waals surface area contributed by atoms with Crippen molar-refractivity contribution < 1.29 is 17.9 Å². The highest BCUT2D eigenvalue weighted by Gasteiger charge is 2.17. The normalized spacial score (nSPS) is 14.1. The van der Waals surface area contributed by atoms with E-state index in [1.807, 2.05) is 6.92 Å². The number of rotatable bonds is 9. The molecule has 1 aliphatic rings. The van der Waals surface area contributed by atoms with Crippen molar-refractivity contribution in [3.05, 3.63) is 36.2 Å². The number of hydrogen-bond donors (Lipinski definition) is 2. The minimum Gasteiger partial charge on any atom is -0.476 e. The minimum absolute atomic E-state index is 0.0935. The molecule has 0 spiro atoms. The molecule has 168 valence electrons. The summed E-state index contributed by atoms with van der Waals surface area (Å²) in [5.41, 5.74) is 0.550. The number of nitrogens with zero attached hydrogens (tertiary/aromatic N) is 3. The number of hydrogen-bond acceptors (Lipinski definition) is 7. The number of amides is 1. The van der Waals surface area contributed by atoms with Gasteiger partial charge in [-0.1, -0.05) is 13.8 Å². The molecule has 2 aromatic rings. The van der Waals surface area contributed by atoms with Crippen LogP contribution in [0.25, 0.3) is 0 Å². The van der Waals surface area contributed by atoms with Crippen LogP contribution in [0, 0.1) is 12.8 Å². The first-order valence-corrected chi connectivity index (χ1v) is 11.9. The van der Waals surface area contributed by atoms with E-state index in [0.717, 1.165) is 31.7 Å². The van der Waals surface area contributed by atoms with Crippen LogP contribution in [0.4, 0.5) is 11.5 Å². The van der Waals surface area contributed by atoms with E-state index in [2.05, 4.69) is 24.9 Å². The van der Waals surface area contributed by atoms with Gasteiger partial charge in [0.25, 0.3) is 0 Å². The lowest BCUT2D eigenvalue weighted by Crippen LogP contribution is -2.28. The van der Waals surface area contributed by atoms with Crippen LogP contribution in [-0.2, 0) is 14.8 Å². The Bertz CT molecular complexity index is 1000. The number of carbonyl (C=O) groups is 1. The molecule has 1 fully saturated rings. The van der Waals surface area contributed by atoms with Gasteiger partial charge < -0.3 is 15.0 Å². The number of carbonyl (C=O) groups excluding carboxylic acids is 1. The van der Waals surface area contributed by atoms with Gasteiger partial charge in [-0.05, 0) is 44.0 Å². The summed E-state index contributed by atoms with van der Waals surface area (Å²) in [6, 6.07) is 7.82. The van der Waals surface area contributed by atoms with Crippen LogP contribution < -0.4 is 19.7 Å². The zero-order chi connectivity index (χ0) is 22.4. The smallest absolute Gasteiger partial charge is 0.240 e. The Morgan fingerprint density at radius 2 is 1.84 bits per heavy atom. The van der Waals surface area contributed by atoms with Gasteiger partial charge in [-0.3, -0.25) is 4.79 Å². The molecule has 2 heterocycles. The van der Waals surface area contributed by atoms with Gasteiger partial charge in [0.1, 0.15) is 18.2 Å². The van der Waals surface area contributed by atoms with E-state index in [0.29, 0.717) is 17.4 Å². The standard InChI is InChI=1S/C21H29N5O4S/c1-15(2)21(27)25-17-6-8-18(9-7-17)31(28,29)22-10-13-30-20-14-19(23-16(3)24-20)26-11-4-5-12-26/h6-9,14-15,22H,4-5,10-13H2,1-3H3,(H,25,27). The maximum atomic E-state index is 12.5. The number of sulfonamides is 1. The highest BCUT2D eigenvalue weighted by molar-refractivity contribution is 7.89. The molecular weight excluding hydrogens is 418 g/mol. The SMILES string of the molecule is Cc1nc(OCCNS(=O)(=O)c2ccc(NC(=O)C(C)C)cc2)cc(N2CCCC2)n1. The van der Waals surface area contributed by atoms with E-state index in [-0.39, 0.29) is 29.9 Å². The fraction of sp³-hybridized carbons (Fsp3) is 0.476. The Labute approximate surface area is 183 Å². The van der Waals surface area contributed by atoms with E-state index in [1.165, 1.54) is 12.1 Å². The van der Waals surface area contributed by atoms with Crippen LogP contribution in [0.15, 0.2) is 35.2 Å². The third-order valence-electron chi connectivity index (χ3n) is 4.83. The maximum Gasteiger partial charge on any atom is 0.240 e. The fourth-order valence-electron chi connectivity index (χ4n) is 3.13. The van der Waals surface area contributed by atoms with E-state index in [4.69, 9.17) is 4.74 Å². The molecule has 0 bridgehead atoms. The van der Waals surface area contributed by atoms with Crippen LogP contribution in [0.1, 0.15) is 32.5 Å². The Morgan fingerprint density at radius 1 is 1.16 bits per heavy atom. The molecule has 3 rings (SSSR count). The van der Waals surface area contributed by atoms with Crippen LogP contribution >= 0.6 is 0 Å². The summed E-state index contributed by atoms with van der Waals surface area (Å²) < 4.78 is 33.1. The topological polar surface area (TPSA) is 114 Å². The Kier molecular flexibility index (Phi) is 7.45. The Morgan fingerprint density at radius 3 is 2.48 bits per heavy atom. The molecule has 0 radical (unpaired) electrons. The summed E-state index contributed by atoms with van der Waals surface area (Å²) in [5.74, 6) is 1.60. The number of aryl methyl sites for hydroxylation is 1. The lowest BCUT2D eigenvalue weighted by Gasteiger charge is -2.17. The van der Waals surface area contributed by atoms with Crippen LogP contribution in [0.2, 0.25) is 0 Å². The quantitative estimate of drug-likeness (QED) is 0.567. The van der Waals surface area contributed by atoms with Crippen molar-refractivity contribution in [3.8, 4) is 5.88 Å². The second kappa shape index (κ2) is 10.1. The minimum atomic E-state index is -3.69. The molecule has 0 atom stereocenters. The van der Waals surface area contributed by atoms with Crippen LogP contribution in [0.5, 0.6) is 5.88 Å². The van der Waals surface area contributed by atoms with E-state index in [1.54, 1.807) is 32.0 Å². The third kappa shape index (κ3) is 6.38. The van der Waals surface area contributed by atoms with Gasteiger partial charge in [0.2, 0.25) is 21.8 Å². The average molecular weight is 448 g/mol. The molecule has 0 aliphatic carbocycles. The van der Waals surface area contributed by atoms with Crippen molar-refractivity contribution in [1.29, 1.82) is 0 Å². The molecule has 9 nitrogen and oxygen atoms in total. The number of ether oxygens (including phenoxy) is 1. The Hall–Kier alpha value is -2.72. The molecule has 1 aromatic heterocycles. The average Bonchev–Trinajstić information content (AvgIpc) is 3.26. The maximum absolute atomic E-state index is 12.5. The van der Waals surface area contributed by atoms with Gasteiger partial charge in [-0.15, -0.1) is 0 Å². The predicted molar refractivity (Wildman–Crippen MR) is 119 cm³/mol. The first-order valence-electron chi connectivity index (χ1n) is 10.4. The summed E-state index contributed by atoms with van der Waals surface area (Å²) in [7, 11) is -3.69. The lowest BCUT2D eigenvalue weighted by atomic mass is 10.2. The molecular formula is C21H29N5O4S. The van der Waals surface area contributed by atoms with Gasteiger partial charge in [-0.2, -0.15) is 4.98 Å². The van der Waals surface area contributed by atoms with Crippen molar-refractivity contribution in [2.24, 2.45) is 5.92 Å². The zero-order valence-electron chi connectivity index (χ0n) is 18.1. The van der Waals surface area contributed by atoms with Crippen molar-refractivity contribution in [2.75, 3.05) is 36.5 Å². The second-order valence-corrected chi connectivity index (χ2v) is 9.49. The number of aromatic nitrogens is 2. The molecule has 1 aromatic carbocycles. The summed E-state index contributed by atoms with van der Waals surface area (Å²) in [6.45, 7) is 7.55.